The zero-order chi connectivity index (χ0) is 37.1. The predicted molar refractivity (Wildman–Crippen MR) is 238 cm³/mol. The third-order valence-corrected chi connectivity index (χ3v) is 12.6. The lowest BCUT2D eigenvalue weighted by Crippen LogP contribution is -2.14. The summed E-state index contributed by atoms with van der Waals surface area (Å²) in [7, 11) is 0. The van der Waals surface area contributed by atoms with E-state index in [0.29, 0.717) is 0 Å². The number of hydrogen-bond donors (Lipinski definition) is 0. The topological polar surface area (TPSA) is 13.1 Å². The molecular weight excluding hydrogens is 677 g/mol. The lowest BCUT2D eigenvalue weighted by Gasteiger charge is -2.22. The fourth-order valence-electron chi connectivity index (χ4n) is 9.92. The highest BCUT2D eigenvalue weighted by molar-refractivity contribution is 6.23. The third kappa shape index (κ3) is 4.43. The van der Waals surface area contributed by atoms with Crippen LogP contribution in [0.15, 0.2) is 186 Å². The molecule has 0 saturated carbocycles. The van der Waals surface area contributed by atoms with Crippen LogP contribution in [0.25, 0.3) is 110 Å². The zero-order valence-electron chi connectivity index (χ0n) is 31.2. The minimum atomic E-state index is -0.119. The zero-order valence-corrected chi connectivity index (χ0v) is 31.2. The fraction of sp³-hybridized carbons (Fsp3) is 0.0545. The maximum atomic E-state index is 6.29. The molecule has 0 atom stereocenters. The molecule has 0 spiro atoms. The molecule has 1 aliphatic carbocycles. The van der Waals surface area contributed by atoms with Crippen LogP contribution in [0.3, 0.4) is 0 Å². The maximum Gasteiger partial charge on any atom is 0.136 e. The van der Waals surface area contributed by atoms with Crippen molar-refractivity contribution in [1.82, 2.24) is 0 Å². The normalized spacial score (nSPS) is 13.3. The van der Waals surface area contributed by atoms with E-state index in [1.54, 1.807) is 0 Å². The summed E-state index contributed by atoms with van der Waals surface area (Å²) in [5.74, 6) is 0. The van der Waals surface area contributed by atoms with Crippen molar-refractivity contribution in [3.05, 3.63) is 193 Å². The average Bonchev–Trinajstić information content (AvgIpc) is 3.71. The van der Waals surface area contributed by atoms with Gasteiger partial charge in [0.15, 0.2) is 0 Å². The number of rotatable bonds is 3. The molecular formula is C55H36O. The van der Waals surface area contributed by atoms with Crippen molar-refractivity contribution in [3.8, 4) is 44.5 Å². The van der Waals surface area contributed by atoms with Gasteiger partial charge in [-0.25, -0.2) is 0 Å². The van der Waals surface area contributed by atoms with Gasteiger partial charge in [0.1, 0.15) is 11.2 Å². The minimum absolute atomic E-state index is 0.119. The van der Waals surface area contributed by atoms with Crippen molar-refractivity contribution >= 4 is 65.0 Å². The Hall–Kier alpha value is -6.96. The van der Waals surface area contributed by atoms with Crippen LogP contribution < -0.4 is 0 Å². The highest BCUT2D eigenvalue weighted by atomic mass is 16.3. The van der Waals surface area contributed by atoms with E-state index >= 15 is 0 Å². The SMILES string of the molecule is CC1(C)c2ccc(-c3cccc(-c4c5ccccc5c(-c5cccc6ccccc56)c5ccccc45)c3)cc2-c2cc3cc4c(cc3cc21)oc1ccccc14. The van der Waals surface area contributed by atoms with E-state index in [9.17, 15) is 0 Å². The van der Waals surface area contributed by atoms with Crippen molar-refractivity contribution in [2.45, 2.75) is 19.3 Å². The van der Waals surface area contributed by atoms with E-state index < -0.39 is 0 Å². The van der Waals surface area contributed by atoms with Crippen molar-refractivity contribution in [1.29, 1.82) is 0 Å². The van der Waals surface area contributed by atoms with Gasteiger partial charge in [0.2, 0.25) is 0 Å². The van der Waals surface area contributed by atoms with Gasteiger partial charge >= 0.3 is 0 Å². The average molecular weight is 713 g/mol. The molecule has 1 heterocycles. The number of para-hydroxylation sites is 1. The Morgan fingerprint density at radius 3 is 1.70 bits per heavy atom. The highest BCUT2D eigenvalue weighted by Crippen LogP contribution is 2.52. The van der Waals surface area contributed by atoms with Crippen LogP contribution in [0.2, 0.25) is 0 Å². The lowest BCUT2D eigenvalue weighted by atomic mass is 9.81. The Morgan fingerprint density at radius 1 is 0.321 bits per heavy atom. The molecule has 0 saturated heterocycles. The van der Waals surface area contributed by atoms with Gasteiger partial charge in [-0.05, 0) is 141 Å². The smallest absolute Gasteiger partial charge is 0.136 e. The molecule has 1 aromatic heterocycles. The summed E-state index contributed by atoms with van der Waals surface area (Å²) >= 11 is 0. The highest BCUT2D eigenvalue weighted by Gasteiger charge is 2.36. The molecule has 0 unspecified atom stereocenters. The van der Waals surface area contributed by atoms with Gasteiger partial charge < -0.3 is 4.42 Å². The van der Waals surface area contributed by atoms with Gasteiger partial charge in [-0.15, -0.1) is 0 Å². The van der Waals surface area contributed by atoms with Crippen LogP contribution in [0.1, 0.15) is 25.0 Å². The van der Waals surface area contributed by atoms with E-state index in [-0.39, 0.29) is 5.41 Å². The number of benzene rings is 10. The molecule has 1 nitrogen and oxygen atoms in total. The minimum Gasteiger partial charge on any atom is -0.456 e. The Morgan fingerprint density at radius 2 is 0.911 bits per heavy atom. The fourth-order valence-corrected chi connectivity index (χ4v) is 9.92. The Balaban J connectivity index is 1.03. The second-order valence-electron chi connectivity index (χ2n) is 16.0. The van der Waals surface area contributed by atoms with Crippen molar-refractivity contribution in [3.63, 3.8) is 0 Å². The second-order valence-corrected chi connectivity index (χ2v) is 16.0. The van der Waals surface area contributed by atoms with E-state index in [0.717, 1.165) is 16.6 Å². The molecule has 0 amide bonds. The number of hydrogen-bond acceptors (Lipinski definition) is 1. The van der Waals surface area contributed by atoms with Gasteiger partial charge in [-0.2, -0.15) is 0 Å². The molecule has 1 aliphatic rings. The first-order valence-corrected chi connectivity index (χ1v) is 19.6. The Labute approximate surface area is 325 Å². The van der Waals surface area contributed by atoms with Crippen LogP contribution in [0, 0.1) is 0 Å². The van der Waals surface area contributed by atoms with Crippen molar-refractivity contribution in [2.75, 3.05) is 0 Å². The summed E-state index contributed by atoms with van der Waals surface area (Å²) in [5.41, 5.74) is 14.7. The van der Waals surface area contributed by atoms with Gasteiger partial charge in [-0.3, -0.25) is 0 Å². The van der Waals surface area contributed by atoms with Gasteiger partial charge in [0, 0.05) is 16.2 Å². The largest absolute Gasteiger partial charge is 0.456 e. The van der Waals surface area contributed by atoms with E-state index in [1.165, 1.54) is 104 Å². The first kappa shape index (κ1) is 31.4. The quantitative estimate of drug-likeness (QED) is 0.166. The van der Waals surface area contributed by atoms with Gasteiger partial charge in [-0.1, -0.05) is 153 Å². The van der Waals surface area contributed by atoms with Crippen LogP contribution in [0.4, 0.5) is 0 Å². The predicted octanol–water partition coefficient (Wildman–Crippen LogP) is 15.5. The summed E-state index contributed by atoms with van der Waals surface area (Å²) < 4.78 is 6.29. The van der Waals surface area contributed by atoms with Crippen LogP contribution in [-0.2, 0) is 5.41 Å². The van der Waals surface area contributed by atoms with E-state index in [1.807, 2.05) is 6.07 Å². The molecule has 0 bridgehead atoms. The molecule has 10 aromatic carbocycles. The molecule has 0 N–H and O–H groups in total. The van der Waals surface area contributed by atoms with E-state index in [4.69, 9.17) is 4.42 Å². The van der Waals surface area contributed by atoms with Crippen molar-refractivity contribution < 1.29 is 4.42 Å². The van der Waals surface area contributed by atoms with Crippen LogP contribution >= 0.6 is 0 Å². The lowest BCUT2D eigenvalue weighted by molar-refractivity contribution is 0.661. The first-order chi connectivity index (χ1) is 27.5. The first-order valence-electron chi connectivity index (χ1n) is 19.6. The van der Waals surface area contributed by atoms with Crippen molar-refractivity contribution in [2.24, 2.45) is 0 Å². The Bertz CT molecular complexity index is 3390. The summed E-state index contributed by atoms with van der Waals surface area (Å²) in [6.07, 6.45) is 0. The molecule has 11 aromatic rings. The monoisotopic (exact) mass is 712 g/mol. The summed E-state index contributed by atoms with van der Waals surface area (Å²) in [6.45, 7) is 4.73. The number of furan rings is 1. The molecule has 262 valence electrons. The summed E-state index contributed by atoms with van der Waals surface area (Å²) in [4.78, 5) is 0. The van der Waals surface area contributed by atoms with Crippen LogP contribution in [0.5, 0.6) is 0 Å². The molecule has 56 heavy (non-hydrogen) atoms. The molecule has 0 fully saturated rings. The van der Waals surface area contributed by atoms with E-state index in [2.05, 4.69) is 190 Å². The molecule has 12 rings (SSSR count). The van der Waals surface area contributed by atoms with Gasteiger partial charge in [0.25, 0.3) is 0 Å². The third-order valence-electron chi connectivity index (χ3n) is 12.6. The summed E-state index contributed by atoms with van der Waals surface area (Å²) in [5, 5.41) is 12.4. The number of fused-ring (bicyclic) bond motifs is 10. The maximum absolute atomic E-state index is 6.29. The Kier molecular flexibility index (Phi) is 6.46. The standard InChI is InChI=1S/C55H36O/c1-55(2)49-26-25-35(28-46(49)47-29-37-30-48-40-18-9-10-24-51(40)56-52(48)32-38(37)31-50(47)55)34-15-11-16-36(27-34)53-42-19-5-7-21-44(42)54(45-22-8-6-20-43(45)53)41-23-12-14-33-13-3-4-17-39(33)41/h3-32H,1-2H3. The van der Waals surface area contributed by atoms with Crippen LogP contribution in [-0.4, -0.2) is 0 Å². The second kappa shape index (κ2) is 11.5. The molecule has 0 aliphatic heterocycles. The molecule has 0 radical (unpaired) electrons. The molecule has 1 heteroatoms. The summed E-state index contributed by atoms with van der Waals surface area (Å²) in [6, 6.07) is 67.4. The van der Waals surface area contributed by atoms with Gasteiger partial charge in [0.05, 0.1) is 0 Å².